The fourth-order valence-corrected chi connectivity index (χ4v) is 10.4. The third-order valence-electron chi connectivity index (χ3n) is 1.42. The molecule has 0 heterocycles. The topological polar surface area (TPSA) is 52.6 Å². The molecule has 0 rings (SSSR count). The first-order chi connectivity index (χ1) is 6.91. The first kappa shape index (κ1) is 15.7. The van der Waals surface area contributed by atoms with Gasteiger partial charge in [-0.1, -0.05) is 0 Å². The van der Waals surface area contributed by atoms with Crippen molar-refractivity contribution < 1.29 is 19.1 Å². The van der Waals surface area contributed by atoms with Gasteiger partial charge in [0, 0.05) is 0 Å². The van der Waals surface area contributed by atoms with E-state index in [1.54, 1.807) is 13.8 Å². The summed E-state index contributed by atoms with van der Waals surface area (Å²) in [5.41, 5.74) is 0. The molecule has 0 aliphatic rings. The molecular weight excluding hydrogens is 439 g/mol. The quantitative estimate of drug-likeness (QED) is 0.459. The number of halogens is 2. The number of hydrogen-bond acceptors (Lipinski definition) is 4. The molecule has 0 aliphatic heterocycles. The van der Waals surface area contributed by atoms with Crippen LogP contribution in [0.25, 0.3) is 0 Å². The summed E-state index contributed by atoms with van der Waals surface area (Å²) in [5, 5.41) is 0. The van der Waals surface area contributed by atoms with Gasteiger partial charge in [-0.25, -0.2) is 0 Å². The van der Waals surface area contributed by atoms with E-state index >= 15 is 0 Å². The average molecular weight is 453 g/mol. The number of ether oxygens (including phenoxy) is 2. The monoisotopic (exact) mass is 452 g/mol. The van der Waals surface area contributed by atoms with Gasteiger partial charge >= 0.3 is 106 Å². The van der Waals surface area contributed by atoms with Gasteiger partial charge in [-0.05, 0) is 0 Å². The third-order valence-corrected chi connectivity index (χ3v) is 13.5. The van der Waals surface area contributed by atoms with Crippen molar-refractivity contribution in [3.63, 3.8) is 0 Å². The molecule has 0 bridgehead atoms. The van der Waals surface area contributed by atoms with E-state index in [2.05, 4.69) is 25.4 Å². The second-order valence-electron chi connectivity index (χ2n) is 2.82. The summed E-state index contributed by atoms with van der Waals surface area (Å²) >= 11 is 3.93. The molecule has 15 heavy (non-hydrogen) atoms. The van der Waals surface area contributed by atoms with E-state index < -0.39 is 13.9 Å². The van der Waals surface area contributed by atoms with Crippen LogP contribution >= 0.6 is 25.4 Å². The second-order valence-corrected chi connectivity index (χ2v) is 37.2. The molecule has 0 amide bonds. The molecule has 88 valence electrons. The van der Waals surface area contributed by atoms with E-state index in [0.717, 1.165) is 0 Å². The normalized spacial score (nSPS) is 10.9. The van der Waals surface area contributed by atoms with E-state index in [1.807, 2.05) is 0 Å². The van der Waals surface area contributed by atoms with Crippen LogP contribution in [-0.2, 0) is 19.1 Å². The van der Waals surface area contributed by atoms with Crippen LogP contribution < -0.4 is 0 Å². The molecule has 0 spiro atoms. The van der Waals surface area contributed by atoms with Crippen LogP contribution in [0.4, 0.5) is 0 Å². The fourth-order valence-electron chi connectivity index (χ4n) is 0.909. The van der Waals surface area contributed by atoms with Crippen LogP contribution in [0.5, 0.6) is 0 Å². The van der Waals surface area contributed by atoms with E-state index in [0.29, 0.717) is 13.2 Å². The van der Waals surface area contributed by atoms with Crippen LogP contribution in [0.2, 0.25) is 8.87 Å². The van der Waals surface area contributed by atoms with Crippen molar-refractivity contribution in [1.29, 1.82) is 0 Å². The fraction of sp³-hybridized carbons (Fsp3) is 0.750. The summed E-state index contributed by atoms with van der Waals surface area (Å²) in [4.78, 5) is 22.4. The van der Waals surface area contributed by atoms with E-state index in [1.165, 1.54) is 0 Å². The van der Waals surface area contributed by atoms with Crippen LogP contribution in [0.15, 0.2) is 0 Å². The van der Waals surface area contributed by atoms with Gasteiger partial charge in [0.2, 0.25) is 0 Å². The number of carbonyl (C=O) groups is 2. The van der Waals surface area contributed by atoms with E-state index in [-0.39, 0.29) is 20.8 Å². The number of esters is 2. The minimum atomic E-state index is -2.97. The van der Waals surface area contributed by atoms with Gasteiger partial charge in [0.1, 0.15) is 0 Å². The molecule has 0 radical (unpaired) electrons. The zero-order valence-electron chi connectivity index (χ0n) is 8.72. The predicted octanol–water partition coefficient (Wildman–Crippen LogP) is 2.34. The van der Waals surface area contributed by atoms with Crippen LogP contribution in [0.1, 0.15) is 13.8 Å². The van der Waals surface area contributed by atoms with Gasteiger partial charge in [-0.3, -0.25) is 0 Å². The van der Waals surface area contributed by atoms with Crippen molar-refractivity contribution in [2.75, 3.05) is 13.2 Å². The van der Waals surface area contributed by atoms with Crippen molar-refractivity contribution in [3.05, 3.63) is 0 Å². The third kappa shape index (κ3) is 8.50. The Morgan fingerprint density at radius 1 is 1.00 bits per heavy atom. The summed E-state index contributed by atoms with van der Waals surface area (Å²) in [6.45, 7) is 4.23. The molecule has 7 heteroatoms. The number of hydrogen-bond donors (Lipinski definition) is 0. The van der Waals surface area contributed by atoms with Crippen molar-refractivity contribution in [2.45, 2.75) is 22.7 Å². The molecule has 0 aromatic heterocycles. The summed E-state index contributed by atoms with van der Waals surface area (Å²) in [5.74, 6) is -0.544. The van der Waals surface area contributed by atoms with Crippen molar-refractivity contribution in [1.82, 2.24) is 0 Å². The number of carbonyl (C=O) groups excluding carboxylic acids is 2. The molecule has 0 N–H and O–H groups in total. The molecule has 0 aromatic rings. The minimum absolute atomic E-state index is 0.272. The van der Waals surface area contributed by atoms with Gasteiger partial charge in [0.05, 0.1) is 0 Å². The molecule has 0 aromatic carbocycles. The molecule has 4 nitrogen and oxygen atoms in total. The Balaban J connectivity index is 4.05. The summed E-state index contributed by atoms with van der Waals surface area (Å²) < 4.78 is 10.2. The maximum absolute atomic E-state index is 11.2. The summed E-state index contributed by atoms with van der Waals surface area (Å²) in [6, 6.07) is 0. The molecule has 0 saturated heterocycles. The van der Waals surface area contributed by atoms with Crippen molar-refractivity contribution in [3.8, 4) is 0 Å². The Kier molecular flexibility index (Phi) is 8.26. The SMILES string of the molecule is CCOC(=O)[CH2][Sn]([Br])([Br])[CH2]C(=O)OCC. The Bertz CT molecular complexity index is 211. The second kappa shape index (κ2) is 7.89. The van der Waals surface area contributed by atoms with Crippen LogP contribution in [0.3, 0.4) is 0 Å². The van der Waals surface area contributed by atoms with Crippen molar-refractivity contribution in [2.24, 2.45) is 0 Å². The Morgan fingerprint density at radius 2 is 1.33 bits per heavy atom. The van der Waals surface area contributed by atoms with Gasteiger partial charge in [-0.15, -0.1) is 0 Å². The van der Waals surface area contributed by atoms with E-state index in [9.17, 15) is 9.59 Å². The van der Waals surface area contributed by atoms with Crippen LogP contribution in [0, 0.1) is 0 Å². The van der Waals surface area contributed by atoms with Gasteiger partial charge in [0.15, 0.2) is 0 Å². The average Bonchev–Trinajstić information content (AvgIpc) is 2.01. The zero-order valence-corrected chi connectivity index (χ0v) is 14.7. The van der Waals surface area contributed by atoms with Gasteiger partial charge in [0.25, 0.3) is 0 Å². The molecule has 0 saturated carbocycles. The predicted molar refractivity (Wildman–Crippen MR) is 66.5 cm³/mol. The van der Waals surface area contributed by atoms with Gasteiger partial charge < -0.3 is 0 Å². The molecule has 0 aliphatic carbocycles. The molecule has 0 unspecified atom stereocenters. The Labute approximate surface area is 105 Å². The van der Waals surface area contributed by atoms with Gasteiger partial charge in [-0.2, -0.15) is 0 Å². The zero-order chi connectivity index (χ0) is 11.9. The summed E-state index contributed by atoms with van der Waals surface area (Å²) in [6.07, 6.45) is 0. The maximum atomic E-state index is 11.2. The Morgan fingerprint density at radius 3 is 1.60 bits per heavy atom. The van der Waals surface area contributed by atoms with E-state index in [4.69, 9.17) is 9.47 Å². The summed E-state index contributed by atoms with van der Waals surface area (Å²) in [7, 11) is 0. The van der Waals surface area contributed by atoms with Crippen molar-refractivity contribution >= 4 is 51.3 Å². The molecular formula is C8H14Br2O4Sn. The first-order valence-electron chi connectivity index (χ1n) is 4.60. The standard InChI is InChI=1S/2C4H7O2.2BrH.Sn/c2*1-3-6-4(2)5;;;/h2*2-3H2,1H3;2*1H;/q;;;;+2/p-2. The molecule has 0 atom stereocenters. The first-order valence-corrected chi connectivity index (χ1v) is 21.4. The number of rotatable bonds is 6. The van der Waals surface area contributed by atoms with Crippen LogP contribution in [-0.4, -0.2) is 39.1 Å². The Hall–Kier alpha value is 0.699. The molecule has 0 fully saturated rings.